The number of aromatic nitrogens is 2. The fourth-order valence-corrected chi connectivity index (χ4v) is 2.66. The topological polar surface area (TPSA) is 53.2 Å². The number of esters is 1. The van der Waals surface area contributed by atoms with Crippen molar-refractivity contribution in [3.05, 3.63) is 82.8 Å². The first-order valence-corrected chi connectivity index (χ1v) is 7.72. The fraction of sp³-hybridized carbons (Fsp3) is 0.158. The van der Waals surface area contributed by atoms with Crippen molar-refractivity contribution in [2.75, 3.05) is 7.11 Å². The highest BCUT2D eigenvalue weighted by Crippen LogP contribution is 2.16. The number of benzene rings is 2. The number of aryl methyl sites for hydroxylation is 1. The van der Waals surface area contributed by atoms with E-state index in [2.05, 4.69) is 0 Å². The van der Waals surface area contributed by atoms with Crippen molar-refractivity contribution >= 4 is 5.97 Å². The number of ether oxygens (including phenoxy) is 1. The molecule has 5 heteroatoms. The van der Waals surface area contributed by atoms with Crippen LogP contribution >= 0.6 is 0 Å². The molecule has 3 rings (SSSR count). The van der Waals surface area contributed by atoms with Crippen molar-refractivity contribution in [2.24, 2.45) is 0 Å². The van der Waals surface area contributed by atoms with Gasteiger partial charge in [-0.05, 0) is 24.3 Å². The van der Waals surface area contributed by atoms with Crippen molar-refractivity contribution in [3.63, 3.8) is 0 Å². The molecule has 122 valence electrons. The molecule has 0 amide bonds. The van der Waals surface area contributed by atoms with Crippen LogP contribution in [0.5, 0.6) is 0 Å². The zero-order chi connectivity index (χ0) is 16.9. The number of hydrogen-bond acceptors (Lipinski definition) is 3. The van der Waals surface area contributed by atoms with Gasteiger partial charge in [0.2, 0.25) is 0 Å². The van der Waals surface area contributed by atoms with Crippen molar-refractivity contribution < 1.29 is 9.53 Å². The summed E-state index contributed by atoms with van der Waals surface area (Å²) in [5.41, 5.74) is 2.27. The van der Waals surface area contributed by atoms with Gasteiger partial charge in [0.1, 0.15) is 0 Å². The number of hydrogen-bond donors (Lipinski definition) is 0. The highest BCUT2D eigenvalue weighted by molar-refractivity contribution is 5.69. The van der Waals surface area contributed by atoms with Crippen LogP contribution in [0.3, 0.4) is 0 Å². The molecular formula is C19H18N2O3. The van der Waals surface area contributed by atoms with E-state index in [1.165, 1.54) is 7.11 Å². The van der Waals surface area contributed by atoms with Gasteiger partial charge in [0.15, 0.2) is 0 Å². The zero-order valence-electron chi connectivity index (χ0n) is 13.4. The third kappa shape index (κ3) is 3.15. The monoisotopic (exact) mass is 322 g/mol. The Balaban J connectivity index is 2.14. The Bertz CT molecular complexity index is 880. The summed E-state index contributed by atoms with van der Waals surface area (Å²) in [7, 11) is 1.36. The van der Waals surface area contributed by atoms with Gasteiger partial charge in [-0.15, -0.1) is 0 Å². The maximum atomic E-state index is 12.6. The van der Waals surface area contributed by atoms with Crippen LogP contribution in [0.25, 0.3) is 11.4 Å². The number of methoxy groups -OCH3 is 1. The molecule has 3 aromatic rings. The molecule has 0 unspecified atom stereocenters. The van der Waals surface area contributed by atoms with Crippen LogP contribution < -0.4 is 5.56 Å². The van der Waals surface area contributed by atoms with Gasteiger partial charge in [-0.2, -0.15) is 0 Å². The summed E-state index contributed by atoms with van der Waals surface area (Å²) in [6.07, 6.45) is 0.651. The highest BCUT2D eigenvalue weighted by atomic mass is 16.5. The van der Waals surface area contributed by atoms with Gasteiger partial charge in [0.25, 0.3) is 5.56 Å². The fourth-order valence-electron chi connectivity index (χ4n) is 2.66. The summed E-state index contributed by atoms with van der Waals surface area (Å²) in [4.78, 5) is 24.1. The van der Waals surface area contributed by atoms with Crippen LogP contribution in [0, 0.1) is 0 Å². The van der Waals surface area contributed by atoms with E-state index in [-0.39, 0.29) is 17.9 Å². The molecule has 0 saturated heterocycles. The molecule has 0 N–H and O–H groups in total. The molecule has 0 aliphatic heterocycles. The number of nitrogens with zero attached hydrogens (tertiary/aromatic N) is 2. The van der Waals surface area contributed by atoms with Crippen LogP contribution in [0.2, 0.25) is 0 Å². The molecule has 1 heterocycles. The van der Waals surface area contributed by atoms with Crippen molar-refractivity contribution in [3.8, 4) is 11.4 Å². The Morgan fingerprint density at radius 3 is 2.00 bits per heavy atom. The number of rotatable bonds is 5. The van der Waals surface area contributed by atoms with Gasteiger partial charge in [-0.1, -0.05) is 36.4 Å². The van der Waals surface area contributed by atoms with Gasteiger partial charge in [0.05, 0.1) is 24.9 Å². The lowest BCUT2D eigenvalue weighted by atomic mass is 10.2. The third-order valence-electron chi connectivity index (χ3n) is 3.79. The number of para-hydroxylation sites is 2. The third-order valence-corrected chi connectivity index (χ3v) is 3.79. The van der Waals surface area contributed by atoms with E-state index in [0.29, 0.717) is 6.42 Å². The van der Waals surface area contributed by atoms with Crippen LogP contribution in [0.1, 0.15) is 12.1 Å². The molecule has 1 aromatic heterocycles. The molecule has 2 aromatic carbocycles. The predicted molar refractivity (Wildman–Crippen MR) is 91.7 cm³/mol. The molecule has 0 bridgehead atoms. The standard InChI is InChI=1S/C19H18N2O3/c1-24-19(23)13-12-17-14-18(22)21(16-10-6-3-7-11-16)20(17)15-8-4-2-5-9-15/h2-11,14H,12-13H2,1H3. The summed E-state index contributed by atoms with van der Waals surface area (Å²) in [5.74, 6) is -0.297. The van der Waals surface area contributed by atoms with Gasteiger partial charge in [-0.3, -0.25) is 14.3 Å². The lowest BCUT2D eigenvalue weighted by Crippen LogP contribution is -2.20. The Morgan fingerprint density at radius 2 is 1.46 bits per heavy atom. The zero-order valence-corrected chi connectivity index (χ0v) is 13.4. The van der Waals surface area contributed by atoms with E-state index in [0.717, 1.165) is 17.1 Å². The maximum Gasteiger partial charge on any atom is 0.305 e. The minimum absolute atomic E-state index is 0.134. The predicted octanol–water partition coefficient (Wildman–Crippen LogP) is 2.73. The average molecular weight is 322 g/mol. The second kappa shape index (κ2) is 7.00. The van der Waals surface area contributed by atoms with Gasteiger partial charge in [-0.25, -0.2) is 4.68 Å². The van der Waals surface area contributed by atoms with E-state index in [1.807, 2.05) is 65.3 Å². The molecule has 0 aliphatic carbocycles. The molecule has 0 aliphatic rings. The maximum absolute atomic E-state index is 12.6. The van der Waals surface area contributed by atoms with Crippen molar-refractivity contribution in [1.29, 1.82) is 0 Å². The lowest BCUT2D eigenvalue weighted by molar-refractivity contribution is -0.140. The summed E-state index contributed by atoms with van der Waals surface area (Å²) in [6.45, 7) is 0. The molecule has 0 spiro atoms. The quantitative estimate of drug-likeness (QED) is 0.679. The molecule has 5 nitrogen and oxygen atoms in total. The minimum atomic E-state index is -0.297. The highest BCUT2D eigenvalue weighted by Gasteiger charge is 2.15. The van der Waals surface area contributed by atoms with E-state index in [1.54, 1.807) is 10.7 Å². The van der Waals surface area contributed by atoms with Crippen molar-refractivity contribution in [2.45, 2.75) is 12.8 Å². The SMILES string of the molecule is COC(=O)CCc1cc(=O)n(-c2ccccc2)n1-c1ccccc1. The molecule has 24 heavy (non-hydrogen) atoms. The lowest BCUT2D eigenvalue weighted by Gasteiger charge is -2.15. The first-order chi connectivity index (χ1) is 11.7. The first kappa shape index (κ1) is 15.8. The second-order valence-corrected chi connectivity index (χ2v) is 5.34. The molecular weight excluding hydrogens is 304 g/mol. The Labute approximate surface area is 139 Å². The second-order valence-electron chi connectivity index (χ2n) is 5.34. The van der Waals surface area contributed by atoms with Crippen LogP contribution in [-0.2, 0) is 16.0 Å². The minimum Gasteiger partial charge on any atom is -0.469 e. The molecule has 0 atom stereocenters. The van der Waals surface area contributed by atoms with Crippen LogP contribution in [0.15, 0.2) is 71.5 Å². The number of carbonyl (C=O) groups is 1. The average Bonchev–Trinajstić information content (AvgIpc) is 2.97. The smallest absolute Gasteiger partial charge is 0.305 e. The summed E-state index contributed by atoms with van der Waals surface area (Å²) in [6, 6.07) is 20.6. The van der Waals surface area contributed by atoms with Gasteiger partial charge >= 0.3 is 5.97 Å². The summed E-state index contributed by atoms with van der Waals surface area (Å²) in [5, 5.41) is 0. The summed E-state index contributed by atoms with van der Waals surface area (Å²) >= 11 is 0. The molecule has 0 radical (unpaired) electrons. The van der Waals surface area contributed by atoms with Crippen LogP contribution in [0.4, 0.5) is 0 Å². The van der Waals surface area contributed by atoms with Crippen molar-refractivity contribution in [1.82, 2.24) is 9.36 Å². The largest absolute Gasteiger partial charge is 0.469 e. The summed E-state index contributed by atoms with van der Waals surface area (Å²) < 4.78 is 8.17. The van der Waals surface area contributed by atoms with Gasteiger partial charge in [0, 0.05) is 18.2 Å². The molecule has 0 fully saturated rings. The Hall–Kier alpha value is -3.08. The van der Waals surface area contributed by atoms with E-state index >= 15 is 0 Å². The van der Waals surface area contributed by atoms with Gasteiger partial charge < -0.3 is 4.74 Å². The van der Waals surface area contributed by atoms with Crippen LogP contribution in [-0.4, -0.2) is 22.4 Å². The normalized spacial score (nSPS) is 10.5. The number of carbonyl (C=O) groups excluding carboxylic acids is 1. The first-order valence-electron chi connectivity index (χ1n) is 7.72. The van der Waals surface area contributed by atoms with E-state index in [9.17, 15) is 9.59 Å². The Kier molecular flexibility index (Phi) is 4.61. The Morgan fingerprint density at radius 1 is 0.917 bits per heavy atom. The van der Waals surface area contributed by atoms with E-state index < -0.39 is 0 Å². The molecule has 0 saturated carbocycles. The van der Waals surface area contributed by atoms with E-state index in [4.69, 9.17) is 4.74 Å².